The molecule has 0 bridgehead atoms. The predicted octanol–water partition coefficient (Wildman–Crippen LogP) is 4.44. The lowest BCUT2D eigenvalue weighted by molar-refractivity contribution is 0.411. The number of hydrogen-bond acceptors (Lipinski definition) is 3. The quantitative estimate of drug-likeness (QED) is 0.899. The number of halogens is 1. The largest absolute Gasteiger partial charge is 0.319 e. The normalized spacial score (nSPS) is 11.8. The first-order chi connectivity index (χ1) is 8.59. The number of thiazole rings is 1. The fourth-order valence-electron chi connectivity index (χ4n) is 1.81. The van der Waals surface area contributed by atoms with Crippen LogP contribution in [0.4, 0.5) is 0 Å². The average Bonchev–Trinajstić information content (AvgIpc) is 2.89. The molecule has 1 aromatic carbocycles. The summed E-state index contributed by atoms with van der Waals surface area (Å²) in [6, 6.07) is 7.73. The maximum absolute atomic E-state index is 6.36. The molecule has 4 heteroatoms. The van der Waals surface area contributed by atoms with Crippen molar-refractivity contribution in [3.63, 3.8) is 0 Å². The molecule has 0 saturated carbocycles. The molecule has 0 atom stereocenters. The maximum atomic E-state index is 6.36. The molecule has 0 fully saturated rings. The number of benzene rings is 1. The second-order valence-corrected chi connectivity index (χ2v) is 5.70. The third-order valence-electron chi connectivity index (χ3n) is 3.33. The van der Waals surface area contributed by atoms with Crippen LogP contribution in [0.3, 0.4) is 0 Å². The molecule has 0 aliphatic rings. The number of nitrogens with two attached hydrogens (primary N) is 1. The Kier molecular flexibility index (Phi) is 4.05. The first-order valence-corrected chi connectivity index (χ1v) is 7.35. The highest BCUT2D eigenvalue weighted by Gasteiger charge is 2.26. The van der Waals surface area contributed by atoms with Crippen molar-refractivity contribution in [2.75, 3.05) is 0 Å². The van der Waals surface area contributed by atoms with Crippen LogP contribution in [-0.4, -0.2) is 4.98 Å². The van der Waals surface area contributed by atoms with Gasteiger partial charge in [0, 0.05) is 16.0 Å². The molecule has 0 saturated heterocycles. The van der Waals surface area contributed by atoms with Gasteiger partial charge in [0.2, 0.25) is 0 Å². The van der Waals surface area contributed by atoms with Gasteiger partial charge in [-0.25, -0.2) is 4.98 Å². The highest BCUT2D eigenvalue weighted by atomic mass is 35.5. The highest BCUT2D eigenvalue weighted by molar-refractivity contribution is 7.10. The minimum absolute atomic E-state index is 0.296. The Morgan fingerprint density at radius 1 is 1.22 bits per heavy atom. The lowest BCUT2D eigenvalue weighted by Gasteiger charge is -2.23. The Hall–Kier alpha value is -0.900. The van der Waals surface area contributed by atoms with Gasteiger partial charge in [0.25, 0.3) is 0 Å². The highest BCUT2D eigenvalue weighted by Crippen LogP contribution is 2.31. The third kappa shape index (κ3) is 2.58. The summed E-state index contributed by atoms with van der Waals surface area (Å²) in [4.78, 5) is 4.67. The Bertz CT molecular complexity index is 515. The topological polar surface area (TPSA) is 38.9 Å². The standard InChI is InChI=1S/C14H17ClN2S/c1-3-14(16,4-2)13-17-12(9-18-13)10-5-7-11(15)8-6-10/h5-9H,3-4,16H2,1-2H3. The van der Waals surface area contributed by atoms with Crippen LogP contribution in [-0.2, 0) is 5.54 Å². The van der Waals surface area contributed by atoms with Gasteiger partial charge in [0.1, 0.15) is 5.01 Å². The van der Waals surface area contributed by atoms with Crippen molar-refractivity contribution >= 4 is 22.9 Å². The van der Waals surface area contributed by atoms with Crippen molar-refractivity contribution in [1.82, 2.24) is 4.98 Å². The minimum atomic E-state index is -0.296. The third-order valence-corrected chi connectivity index (χ3v) is 4.65. The Balaban J connectivity index is 2.33. The van der Waals surface area contributed by atoms with E-state index in [1.54, 1.807) is 11.3 Å². The summed E-state index contributed by atoms with van der Waals surface area (Å²) in [5.74, 6) is 0. The second kappa shape index (κ2) is 5.39. The predicted molar refractivity (Wildman–Crippen MR) is 79.0 cm³/mol. The van der Waals surface area contributed by atoms with Crippen molar-refractivity contribution in [3.05, 3.63) is 39.7 Å². The van der Waals surface area contributed by atoms with E-state index in [-0.39, 0.29) is 5.54 Å². The van der Waals surface area contributed by atoms with E-state index in [1.165, 1.54) is 0 Å². The van der Waals surface area contributed by atoms with E-state index in [0.29, 0.717) is 0 Å². The first kappa shape index (κ1) is 13.5. The Morgan fingerprint density at radius 2 is 1.83 bits per heavy atom. The molecule has 1 heterocycles. The van der Waals surface area contributed by atoms with E-state index in [9.17, 15) is 0 Å². The fourth-order valence-corrected chi connectivity index (χ4v) is 3.02. The molecule has 2 aromatic rings. The van der Waals surface area contributed by atoms with Gasteiger partial charge >= 0.3 is 0 Å². The molecule has 0 aliphatic heterocycles. The maximum Gasteiger partial charge on any atom is 0.113 e. The molecule has 1 aromatic heterocycles. The van der Waals surface area contributed by atoms with Gasteiger partial charge in [0.15, 0.2) is 0 Å². The molecule has 0 unspecified atom stereocenters. The molecule has 18 heavy (non-hydrogen) atoms. The number of nitrogens with zero attached hydrogens (tertiary/aromatic N) is 1. The van der Waals surface area contributed by atoms with Gasteiger partial charge in [-0.2, -0.15) is 0 Å². The molecular formula is C14H17ClN2S. The SMILES string of the molecule is CCC(N)(CC)c1nc(-c2ccc(Cl)cc2)cs1. The molecule has 2 N–H and O–H groups in total. The van der Waals surface area contributed by atoms with Crippen LogP contribution in [0.1, 0.15) is 31.7 Å². The summed E-state index contributed by atoms with van der Waals surface area (Å²) in [6.45, 7) is 4.21. The molecule has 0 spiro atoms. The van der Waals surface area contributed by atoms with E-state index in [0.717, 1.165) is 34.1 Å². The molecule has 0 aliphatic carbocycles. The van der Waals surface area contributed by atoms with Crippen LogP contribution in [0.5, 0.6) is 0 Å². The van der Waals surface area contributed by atoms with Crippen molar-refractivity contribution in [1.29, 1.82) is 0 Å². The van der Waals surface area contributed by atoms with Gasteiger partial charge in [-0.1, -0.05) is 37.6 Å². The monoisotopic (exact) mass is 280 g/mol. The number of rotatable bonds is 4. The summed E-state index contributed by atoms with van der Waals surface area (Å²) in [5.41, 5.74) is 8.12. The van der Waals surface area contributed by atoms with Crippen LogP contribution < -0.4 is 5.73 Å². The first-order valence-electron chi connectivity index (χ1n) is 6.10. The van der Waals surface area contributed by atoms with Crippen molar-refractivity contribution < 1.29 is 0 Å². The zero-order valence-electron chi connectivity index (χ0n) is 10.6. The lowest BCUT2D eigenvalue weighted by Crippen LogP contribution is -2.34. The van der Waals surface area contributed by atoms with Crippen LogP contribution in [0.25, 0.3) is 11.3 Å². The number of aromatic nitrogens is 1. The summed E-state index contributed by atoms with van der Waals surface area (Å²) in [5, 5.41) is 3.81. The zero-order valence-corrected chi connectivity index (χ0v) is 12.2. The second-order valence-electron chi connectivity index (χ2n) is 4.41. The molecule has 0 radical (unpaired) electrons. The molecule has 0 amide bonds. The summed E-state index contributed by atoms with van der Waals surface area (Å²) in [7, 11) is 0. The van der Waals surface area contributed by atoms with Gasteiger partial charge < -0.3 is 5.73 Å². The van der Waals surface area contributed by atoms with Crippen molar-refractivity contribution in [2.24, 2.45) is 5.73 Å². The van der Waals surface area contributed by atoms with E-state index < -0.39 is 0 Å². The molecule has 2 nitrogen and oxygen atoms in total. The van der Waals surface area contributed by atoms with Gasteiger partial charge in [-0.05, 0) is 25.0 Å². The van der Waals surface area contributed by atoms with Crippen LogP contribution >= 0.6 is 22.9 Å². The zero-order chi connectivity index (χ0) is 13.2. The van der Waals surface area contributed by atoms with E-state index in [2.05, 4.69) is 24.2 Å². The Labute approximate surface area is 117 Å². The summed E-state index contributed by atoms with van der Waals surface area (Å²) in [6.07, 6.45) is 1.80. The van der Waals surface area contributed by atoms with Crippen LogP contribution in [0.15, 0.2) is 29.6 Å². The van der Waals surface area contributed by atoms with Crippen molar-refractivity contribution in [3.8, 4) is 11.3 Å². The van der Waals surface area contributed by atoms with Gasteiger partial charge in [-0.3, -0.25) is 0 Å². The van der Waals surface area contributed by atoms with E-state index in [4.69, 9.17) is 17.3 Å². The number of hydrogen-bond donors (Lipinski definition) is 1. The Morgan fingerprint density at radius 3 is 2.39 bits per heavy atom. The van der Waals surface area contributed by atoms with Gasteiger partial charge in [0.05, 0.1) is 11.2 Å². The van der Waals surface area contributed by atoms with Gasteiger partial charge in [-0.15, -0.1) is 11.3 Å². The fraction of sp³-hybridized carbons (Fsp3) is 0.357. The van der Waals surface area contributed by atoms with E-state index >= 15 is 0 Å². The molecule has 96 valence electrons. The molecule has 2 rings (SSSR count). The minimum Gasteiger partial charge on any atom is -0.319 e. The summed E-state index contributed by atoms with van der Waals surface area (Å²) >= 11 is 7.52. The average molecular weight is 281 g/mol. The van der Waals surface area contributed by atoms with Crippen molar-refractivity contribution in [2.45, 2.75) is 32.2 Å². The van der Waals surface area contributed by atoms with Crippen LogP contribution in [0.2, 0.25) is 5.02 Å². The summed E-state index contributed by atoms with van der Waals surface area (Å²) < 4.78 is 0. The lowest BCUT2D eigenvalue weighted by atomic mass is 9.95. The molecular weight excluding hydrogens is 264 g/mol. The smallest absolute Gasteiger partial charge is 0.113 e. The van der Waals surface area contributed by atoms with Crippen LogP contribution in [0, 0.1) is 0 Å². The van der Waals surface area contributed by atoms with E-state index in [1.807, 2.05) is 24.3 Å².